The number of amides is 1. The third-order valence-electron chi connectivity index (χ3n) is 4.03. The van der Waals surface area contributed by atoms with Crippen LogP contribution in [0.3, 0.4) is 0 Å². The van der Waals surface area contributed by atoms with E-state index in [2.05, 4.69) is 5.32 Å². The van der Waals surface area contributed by atoms with Crippen LogP contribution in [0.4, 0.5) is 0 Å². The number of nitrogens with one attached hydrogen (secondary N) is 1. The molecule has 1 atom stereocenters. The Bertz CT molecular complexity index is 726. The zero-order chi connectivity index (χ0) is 19.6. The summed E-state index contributed by atoms with van der Waals surface area (Å²) in [7, 11) is 1.32. The minimum absolute atomic E-state index is 0.150. The minimum Gasteiger partial charge on any atom is -0.489 e. The van der Waals surface area contributed by atoms with Crippen molar-refractivity contribution in [1.82, 2.24) is 5.32 Å². The summed E-state index contributed by atoms with van der Waals surface area (Å²) in [6.07, 6.45) is 0.745. The first-order valence-electron chi connectivity index (χ1n) is 9.10. The summed E-state index contributed by atoms with van der Waals surface area (Å²) in [5.74, 6) is 0.380. The van der Waals surface area contributed by atoms with Crippen LogP contribution in [-0.2, 0) is 27.4 Å². The van der Waals surface area contributed by atoms with Gasteiger partial charge < -0.3 is 14.8 Å². The van der Waals surface area contributed by atoms with E-state index in [1.807, 2.05) is 68.4 Å². The van der Waals surface area contributed by atoms with Gasteiger partial charge in [0.25, 0.3) is 0 Å². The number of methoxy groups -OCH3 is 1. The summed E-state index contributed by atoms with van der Waals surface area (Å²) < 4.78 is 10.6. The van der Waals surface area contributed by atoms with Crippen LogP contribution in [0.2, 0.25) is 0 Å². The summed E-state index contributed by atoms with van der Waals surface area (Å²) in [6, 6.07) is 16.8. The number of rotatable bonds is 9. The molecule has 0 unspecified atom stereocenters. The second-order valence-electron chi connectivity index (χ2n) is 6.86. The van der Waals surface area contributed by atoms with Crippen LogP contribution in [0.15, 0.2) is 54.6 Å². The molecule has 0 radical (unpaired) electrons. The molecule has 2 aromatic rings. The fourth-order valence-electron chi connectivity index (χ4n) is 2.66. The summed E-state index contributed by atoms with van der Waals surface area (Å²) in [5.41, 5.74) is 2.02. The van der Waals surface area contributed by atoms with Gasteiger partial charge in [-0.05, 0) is 29.2 Å². The number of carbonyl (C=O) groups excluding carboxylic acids is 2. The quantitative estimate of drug-likeness (QED) is 0.687. The molecule has 1 amide bonds. The Morgan fingerprint density at radius 3 is 2.22 bits per heavy atom. The molecule has 0 aliphatic heterocycles. The third kappa shape index (κ3) is 7.13. The Morgan fingerprint density at radius 1 is 0.963 bits per heavy atom. The van der Waals surface area contributed by atoms with E-state index >= 15 is 0 Å². The van der Waals surface area contributed by atoms with Gasteiger partial charge in [0.2, 0.25) is 5.91 Å². The molecule has 0 heterocycles. The molecule has 144 valence electrons. The Balaban J connectivity index is 1.94. The molecule has 0 bridgehead atoms. The minimum atomic E-state index is -0.697. The fraction of sp³-hybridized carbons (Fsp3) is 0.364. The summed E-state index contributed by atoms with van der Waals surface area (Å²) in [5, 5.41) is 2.76. The van der Waals surface area contributed by atoms with E-state index in [-0.39, 0.29) is 11.8 Å². The molecule has 0 fully saturated rings. The van der Waals surface area contributed by atoms with Crippen molar-refractivity contribution in [3.63, 3.8) is 0 Å². The normalized spacial score (nSPS) is 11.7. The van der Waals surface area contributed by atoms with Crippen molar-refractivity contribution >= 4 is 11.9 Å². The van der Waals surface area contributed by atoms with Gasteiger partial charge in [-0.3, -0.25) is 4.79 Å². The molecule has 0 saturated carbocycles. The maximum atomic E-state index is 12.0. The average Bonchev–Trinajstić information content (AvgIpc) is 2.66. The van der Waals surface area contributed by atoms with Crippen LogP contribution < -0.4 is 10.1 Å². The lowest BCUT2D eigenvalue weighted by molar-refractivity contribution is -0.145. The molecule has 27 heavy (non-hydrogen) atoms. The van der Waals surface area contributed by atoms with E-state index in [0.717, 1.165) is 16.9 Å². The molecular formula is C22H27NO4. The van der Waals surface area contributed by atoms with E-state index in [0.29, 0.717) is 19.4 Å². The van der Waals surface area contributed by atoms with Gasteiger partial charge in [-0.2, -0.15) is 0 Å². The van der Waals surface area contributed by atoms with Crippen LogP contribution in [-0.4, -0.2) is 25.0 Å². The highest BCUT2D eigenvalue weighted by atomic mass is 16.5. The molecule has 1 N–H and O–H groups in total. The van der Waals surface area contributed by atoms with Crippen molar-refractivity contribution in [3.05, 3.63) is 65.7 Å². The lowest BCUT2D eigenvalue weighted by atomic mass is 10.0. The zero-order valence-electron chi connectivity index (χ0n) is 16.1. The standard InChI is InChI=1S/C22H27NO4/c1-16(2)13-21(24)23-20(22(25)26-3)14-17-9-11-19(12-10-17)27-15-18-7-5-4-6-8-18/h4-12,16,20H,13-15H2,1-3H3,(H,23,24)/t20-/m1/s1. The molecule has 5 nitrogen and oxygen atoms in total. The number of hydrogen-bond acceptors (Lipinski definition) is 4. The second kappa shape index (κ2) is 10.4. The van der Waals surface area contributed by atoms with Crippen LogP contribution in [0.5, 0.6) is 5.75 Å². The first-order valence-corrected chi connectivity index (χ1v) is 9.10. The Hall–Kier alpha value is -2.82. The molecule has 0 aromatic heterocycles. The van der Waals surface area contributed by atoms with Gasteiger partial charge >= 0.3 is 5.97 Å². The number of hydrogen-bond donors (Lipinski definition) is 1. The maximum Gasteiger partial charge on any atom is 0.328 e. The number of ether oxygens (including phenoxy) is 2. The second-order valence-corrected chi connectivity index (χ2v) is 6.86. The van der Waals surface area contributed by atoms with E-state index in [1.165, 1.54) is 7.11 Å². The fourth-order valence-corrected chi connectivity index (χ4v) is 2.66. The number of benzene rings is 2. The lowest BCUT2D eigenvalue weighted by Crippen LogP contribution is -2.43. The van der Waals surface area contributed by atoms with Gasteiger partial charge in [-0.1, -0.05) is 56.3 Å². The predicted molar refractivity (Wildman–Crippen MR) is 104 cm³/mol. The SMILES string of the molecule is COC(=O)[C@@H](Cc1ccc(OCc2ccccc2)cc1)NC(=O)CC(C)C. The zero-order valence-corrected chi connectivity index (χ0v) is 16.1. The molecule has 0 saturated heterocycles. The van der Waals surface area contributed by atoms with Crippen molar-refractivity contribution in [2.75, 3.05) is 7.11 Å². The van der Waals surface area contributed by atoms with E-state index < -0.39 is 12.0 Å². The van der Waals surface area contributed by atoms with E-state index in [4.69, 9.17) is 9.47 Å². The predicted octanol–water partition coefficient (Wildman–Crippen LogP) is 3.51. The highest BCUT2D eigenvalue weighted by Crippen LogP contribution is 2.16. The summed E-state index contributed by atoms with van der Waals surface area (Å²) >= 11 is 0. The van der Waals surface area contributed by atoms with Gasteiger partial charge in [0, 0.05) is 12.8 Å². The molecule has 5 heteroatoms. The Morgan fingerprint density at radius 2 is 1.63 bits per heavy atom. The van der Waals surface area contributed by atoms with Crippen molar-refractivity contribution in [2.24, 2.45) is 5.92 Å². The van der Waals surface area contributed by atoms with Gasteiger partial charge in [-0.25, -0.2) is 4.79 Å². The smallest absolute Gasteiger partial charge is 0.328 e. The molecule has 0 spiro atoms. The van der Waals surface area contributed by atoms with Crippen molar-refractivity contribution < 1.29 is 19.1 Å². The highest BCUT2D eigenvalue weighted by molar-refractivity contribution is 5.84. The summed E-state index contributed by atoms with van der Waals surface area (Å²) in [4.78, 5) is 24.0. The van der Waals surface area contributed by atoms with Gasteiger partial charge in [0.15, 0.2) is 0 Å². The monoisotopic (exact) mass is 369 g/mol. The summed E-state index contributed by atoms with van der Waals surface area (Å²) in [6.45, 7) is 4.41. The van der Waals surface area contributed by atoms with Crippen molar-refractivity contribution in [2.45, 2.75) is 39.3 Å². The molecule has 0 aliphatic rings. The highest BCUT2D eigenvalue weighted by Gasteiger charge is 2.22. The first kappa shape index (κ1) is 20.5. The molecule has 2 aromatic carbocycles. The Kier molecular flexibility index (Phi) is 7.86. The lowest BCUT2D eigenvalue weighted by Gasteiger charge is -2.17. The van der Waals surface area contributed by atoms with E-state index in [1.54, 1.807) is 0 Å². The van der Waals surface area contributed by atoms with Crippen LogP contribution in [0, 0.1) is 5.92 Å². The third-order valence-corrected chi connectivity index (χ3v) is 4.03. The molecular weight excluding hydrogens is 342 g/mol. The van der Waals surface area contributed by atoms with Crippen molar-refractivity contribution in [1.29, 1.82) is 0 Å². The largest absolute Gasteiger partial charge is 0.489 e. The van der Waals surface area contributed by atoms with Gasteiger partial charge in [0.1, 0.15) is 18.4 Å². The topological polar surface area (TPSA) is 64.6 Å². The Labute approximate surface area is 160 Å². The number of esters is 1. The van der Waals surface area contributed by atoms with Crippen LogP contribution in [0.25, 0.3) is 0 Å². The van der Waals surface area contributed by atoms with Gasteiger partial charge in [0.05, 0.1) is 7.11 Å². The van der Waals surface area contributed by atoms with Crippen LogP contribution >= 0.6 is 0 Å². The van der Waals surface area contributed by atoms with Crippen molar-refractivity contribution in [3.8, 4) is 5.75 Å². The average molecular weight is 369 g/mol. The first-order chi connectivity index (χ1) is 13.0. The number of carbonyl (C=O) groups is 2. The molecule has 0 aliphatic carbocycles. The van der Waals surface area contributed by atoms with E-state index in [9.17, 15) is 9.59 Å². The maximum absolute atomic E-state index is 12.0. The van der Waals surface area contributed by atoms with Crippen LogP contribution in [0.1, 0.15) is 31.4 Å². The molecule has 2 rings (SSSR count). The van der Waals surface area contributed by atoms with Gasteiger partial charge in [-0.15, -0.1) is 0 Å².